The van der Waals surface area contributed by atoms with Crippen LogP contribution in [0.5, 0.6) is 0 Å². The number of hydrogen-bond donors (Lipinski definition) is 1. The van der Waals surface area contributed by atoms with Gasteiger partial charge in [-0.15, -0.1) is 0 Å². The second kappa shape index (κ2) is 3.72. The topological polar surface area (TPSA) is 75.4 Å². The van der Waals surface area contributed by atoms with Gasteiger partial charge in [0.05, 0.1) is 12.2 Å². The Balaban J connectivity index is 2.30. The smallest absolute Gasteiger partial charge is 0.356 e. The molecule has 1 N–H and O–H groups in total. The van der Waals surface area contributed by atoms with E-state index in [1.54, 1.807) is 9.58 Å². The van der Waals surface area contributed by atoms with Crippen LogP contribution >= 0.6 is 0 Å². The van der Waals surface area contributed by atoms with E-state index in [-0.39, 0.29) is 5.69 Å². The minimum absolute atomic E-state index is 0.0396. The number of carbonyl (C=O) groups excluding carboxylic acids is 1. The number of aryl methyl sites for hydroxylation is 1. The highest BCUT2D eigenvalue weighted by atomic mass is 16.4. The largest absolute Gasteiger partial charge is 0.476 e. The van der Waals surface area contributed by atoms with E-state index in [9.17, 15) is 9.59 Å². The third-order valence-electron chi connectivity index (χ3n) is 2.41. The molecule has 0 spiro atoms. The molecular weight excluding hydrogens is 198 g/mol. The first-order chi connectivity index (χ1) is 7.20. The fourth-order valence-electron chi connectivity index (χ4n) is 1.68. The number of amides is 1. The number of carboxylic acid groups (broad SMARTS) is 1. The summed E-state index contributed by atoms with van der Waals surface area (Å²) in [5.74, 6) is -1.03. The molecule has 0 unspecified atom stereocenters. The summed E-state index contributed by atoms with van der Waals surface area (Å²) in [6, 6.07) is 1.52. The van der Waals surface area contributed by atoms with Crippen molar-refractivity contribution in [3.05, 3.63) is 17.5 Å². The van der Waals surface area contributed by atoms with Crippen molar-refractivity contribution in [2.45, 2.75) is 19.5 Å². The molecule has 1 aliphatic heterocycles. The maximum absolute atomic E-state index is 10.7. The van der Waals surface area contributed by atoms with Gasteiger partial charge >= 0.3 is 5.97 Å². The van der Waals surface area contributed by atoms with Crippen LogP contribution in [0.1, 0.15) is 22.6 Å². The molecule has 0 saturated carbocycles. The standard InChI is InChI=1S/C9H11N3O3/c13-6-11-2-1-3-12-7(5-11)4-8(10-12)9(14)15/h4,6H,1-3,5H2,(H,14,15). The second-order valence-corrected chi connectivity index (χ2v) is 3.48. The first-order valence-electron chi connectivity index (χ1n) is 4.70. The molecule has 15 heavy (non-hydrogen) atoms. The van der Waals surface area contributed by atoms with Crippen LogP contribution in [-0.4, -0.2) is 38.7 Å². The van der Waals surface area contributed by atoms with Crippen molar-refractivity contribution < 1.29 is 14.7 Å². The summed E-state index contributed by atoms with van der Waals surface area (Å²) in [5, 5.41) is 12.7. The van der Waals surface area contributed by atoms with Gasteiger partial charge in [-0.05, 0) is 12.5 Å². The maximum Gasteiger partial charge on any atom is 0.356 e. The van der Waals surface area contributed by atoms with Gasteiger partial charge in [-0.25, -0.2) is 4.79 Å². The molecule has 0 saturated heterocycles. The van der Waals surface area contributed by atoms with Gasteiger partial charge in [-0.2, -0.15) is 5.10 Å². The number of nitrogens with zero attached hydrogens (tertiary/aromatic N) is 3. The number of rotatable bonds is 2. The first-order valence-corrected chi connectivity index (χ1v) is 4.70. The fourth-order valence-corrected chi connectivity index (χ4v) is 1.68. The van der Waals surface area contributed by atoms with Crippen molar-refractivity contribution in [3.63, 3.8) is 0 Å². The number of hydrogen-bond acceptors (Lipinski definition) is 3. The van der Waals surface area contributed by atoms with Gasteiger partial charge in [0.2, 0.25) is 6.41 Å². The molecule has 0 aromatic carbocycles. The van der Waals surface area contributed by atoms with Crippen molar-refractivity contribution >= 4 is 12.4 Å². The predicted octanol–water partition coefficient (Wildman–Crippen LogP) is -0.0566. The Hall–Kier alpha value is -1.85. The quantitative estimate of drug-likeness (QED) is 0.692. The summed E-state index contributed by atoms with van der Waals surface area (Å²) < 4.78 is 1.66. The maximum atomic E-state index is 10.7. The Labute approximate surface area is 86.1 Å². The third kappa shape index (κ3) is 1.83. The normalized spacial score (nSPS) is 15.6. The molecule has 0 fully saturated rings. The number of fused-ring (bicyclic) bond motifs is 1. The van der Waals surface area contributed by atoms with Crippen molar-refractivity contribution in [2.24, 2.45) is 0 Å². The van der Waals surface area contributed by atoms with E-state index in [2.05, 4.69) is 5.10 Å². The Kier molecular flexibility index (Phi) is 2.40. The minimum atomic E-state index is -1.03. The van der Waals surface area contributed by atoms with E-state index in [0.717, 1.165) is 18.5 Å². The average Bonchev–Trinajstić information content (AvgIpc) is 2.51. The van der Waals surface area contributed by atoms with Gasteiger partial charge < -0.3 is 10.0 Å². The van der Waals surface area contributed by atoms with Crippen LogP contribution < -0.4 is 0 Å². The van der Waals surface area contributed by atoms with E-state index < -0.39 is 5.97 Å². The van der Waals surface area contributed by atoms with Crippen LogP contribution in [0.4, 0.5) is 0 Å². The Morgan fingerprint density at radius 1 is 1.53 bits per heavy atom. The fraction of sp³-hybridized carbons (Fsp3) is 0.444. The lowest BCUT2D eigenvalue weighted by Crippen LogP contribution is -2.20. The lowest BCUT2D eigenvalue weighted by Gasteiger charge is -2.11. The average molecular weight is 209 g/mol. The number of carbonyl (C=O) groups is 2. The van der Waals surface area contributed by atoms with Gasteiger partial charge in [-0.3, -0.25) is 9.48 Å². The molecule has 0 radical (unpaired) electrons. The van der Waals surface area contributed by atoms with E-state index >= 15 is 0 Å². The molecule has 80 valence electrons. The zero-order chi connectivity index (χ0) is 10.8. The van der Waals surface area contributed by atoms with E-state index in [1.165, 1.54) is 6.07 Å². The van der Waals surface area contributed by atoms with Crippen LogP contribution in [0.15, 0.2) is 6.07 Å². The van der Waals surface area contributed by atoms with Crippen LogP contribution in [-0.2, 0) is 17.9 Å². The molecule has 0 atom stereocenters. The van der Waals surface area contributed by atoms with Gasteiger partial charge in [-0.1, -0.05) is 0 Å². The third-order valence-corrected chi connectivity index (χ3v) is 2.41. The van der Waals surface area contributed by atoms with E-state index in [1.807, 2.05) is 0 Å². The highest BCUT2D eigenvalue weighted by molar-refractivity contribution is 5.85. The van der Waals surface area contributed by atoms with Crippen LogP contribution in [0.25, 0.3) is 0 Å². The van der Waals surface area contributed by atoms with Crippen LogP contribution in [0.2, 0.25) is 0 Å². The molecule has 6 heteroatoms. The van der Waals surface area contributed by atoms with E-state index in [4.69, 9.17) is 5.11 Å². The van der Waals surface area contributed by atoms with Crippen LogP contribution in [0.3, 0.4) is 0 Å². The Morgan fingerprint density at radius 2 is 2.33 bits per heavy atom. The summed E-state index contributed by atoms with van der Waals surface area (Å²) in [7, 11) is 0. The van der Waals surface area contributed by atoms with E-state index in [0.29, 0.717) is 19.6 Å². The van der Waals surface area contributed by atoms with Gasteiger partial charge in [0, 0.05) is 13.1 Å². The molecule has 0 bridgehead atoms. The lowest BCUT2D eigenvalue weighted by molar-refractivity contribution is -0.118. The Morgan fingerprint density at radius 3 is 3.00 bits per heavy atom. The number of aromatic nitrogens is 2. The minimum Gasteiger partial charge on any atom is -0.476 e. The SMILES string of the molecule is O=CN1CCCn2nc(C(=O)O)cc2C1. The van der Waals surface area contributed by atoms with Crippen molar-refractivity contribution in [1.82, 2.24) is 14.7 Å². The first kappa shape index (κ1) is 9.70. The second-order valence-electron chi connectivity index (χ2n) is 3.48. The molecule has 0 aliphatic carbocycles. The molecule has 2 rings (SSSR count). The Bertz CT molecular complexity index is 399. The molecular formula is C9H11N3O3. The monoisotopic (exact) mass is 209 g/mol. The summed E-state index contributed by atoms with van der Waals surface area (Å²) in [6.45, 7) is 1.78. The van der Waals surface area contributed by atoms with Crippen molar-refractivity contribution in [2.75, 3.05) is 6.54 Å². The summed E-state index contributed by atoms with van der Waals surface area (Å²) in [4.78, 5) is 23.0. The van der Waals surface area contributed by atoms with Gasteiger partial charge in [0.25, 0.3) is 0 Å². The lowest BCUT2D eigenvalue weighted by atomic mass is 10.3. The highest BCUT2D eigenvalue weighted by Gasteiger charge is 2.17. The highest BCUT2D eigenvalue weighted by Crippen LogP contribution is 2.12. The van der Waals surface area contributed by atoms with Gasteiger partial charge in [0.15, 0.2) is 5.69 Å². The van der Waals surface area contributed by atoms with Crippen LogP contribution in [0, 0.1) is 0 Å². The van der Waals surface area contributed by atoms with Gasteiger partial charge in [0.1, 0.15) is 0 Å². The number of carboxylic acids is 1. The molecule has 2 heterocycles. The zero-order valence-corrected chi connectivity index (χ0v) is 8.09. The van der Waals surface area contributed by atoms with Crippen molar-refractivity contribution in [1.29, 1.82) is 0 Å². The zero-order valence-electron chi connectivity index (χ0n) is 8.09. The molecule has 1 amide bonds. The predicted molar refractivity (Wildman–Crippen MR) is 50.3 cm³/mol. The molecule has 1 aromatic rings. The van der Waals surface area contributed by atoms with Crippen molar-refractivity contribution in [3.8, 4) is 0 Å². The number of aromatic carboxylic acids is 1. The molecule has 1 aromatic heterocycles. The summed E-state index contributed by atoms with van der Waals surface area (Å²) in [5.41, 5.74) is 0.815. The molecule has 1 aliphatic rings. The summed E-state index contributed by atoms with van der Waals surface area (Å²) in [6.07, 6.45) is 1.58. The molecule has 6 nitrogen and oxygen atoms in total. The summed E-state index contributed by atoms with van der Waals surface area (Å²) >= 11 is 0.